The molecule has 2 rings (SSSR count). The van der Waals surface area contributed by atoms with E-state index in [0.29, 0.717) is 10.7 Å². The first-order chi connectivity index (χ1) is 9.03. The van der Waals surface area contributed by atoms with Crippen molar-refractivity contribution in [2.24, 2.45) is 0 Å². The summed E-state index contributed by atoms with van der Waals surface area (Å²) in [6.45, 7) is 0. The van der Waals surface area contributed by atoms with Crippen molar-refractivity contribution in [2.45, 2.75) is 10.8 Å². The number of hydrogen-bond acceptors (Lipinski definition) is 2. The van der Waals surface area contributed by atoms with Crippen LogP contribution in [0.3, 0.4) is 0 Å². The molecule has 0 heterocycles. The summed E-state index contributed by atoms with van der Waals surface area (Å²) in [5.41, 5.74) is 1.19. The van der Waals surface area contributed by atoms with E-state index in [4.69, 9.17) is 23.2 Å². The second kappa shape index (κ2) is 5.82. The summed E-state index contributed by atoms with van der Waals surface area (Å²) in [6, 6.07) is 13.1. The van der Waals surface area contributed by atoms with E-state index >= 15 is 0 Å². The molecule has 0 aromatic heterocycles. The van der Waals surface area contributed by atoms with Crippen molar-refractivity contribution in [3.63, 3.8) is 0 Å². The number of halogens is 2. The van der Waals surface area contributed by atoms with Crippen molar-refractivity contribution in [3.05, 3.63) is 59.1 Å². The van der Waals surface area contributed by atoms with Crippen LogP contribution in [0.25, 0.3) is 0 Å². The summed E-state index contributed by atoms with van der Waals surface area (Å²) in [4.78, 5) is 0.115. The lowest BCUT2D eigenvalue weighted by Gasteiger charge is -2.11. The van der Waals surface area contributed by atoms with E-state index in [1.807, 2.05) is 0 Å². The topological polar surface area (TPSA) is 46.2 Å². The molecule has 2 aromatic carbocycles. The molecule has 0 saturated carbocycles. The average Bonchev–Trinajstić information content (AvgIpc) is 2.39. The van der Waals surface area contributed by atoms with E-state index in [-0.39, 0.29) is 10.8 Å². The van der Waals surface area contributed by atoms with E-state index < -0.39 is 10.0 Å². The summed E-state index contributed by atoms with van der Waals surface area (Å²) in [6.07, 6.45) is 0. The van der Waals surface area contributed by atoms with Crippen LogP contribution in [0.2, 0.25) is 5.02 Å². The summed E-state index contributed by atoms with van der Waals surface area (Å²) < 4.78 is 26.9. The Bertz CT molecular complexity index is 687. The van der Waals surface area contributed by atoms with Gasteiger partial charge in [0.15, 0.2) is 0 Å². The Kier molecular flexibility index (Phi) is 4.34. The van der Waals surface area contributed by atoms with Gasteiger partial charge in [0.25, 0.3) is 10.0 Å². The van der Waals surface area contributed by atoms with Crippen LogP contribution in [0.4, 0.5) is 5.69 Å². The molecule has 0 saturated heterocycles. The fourth-order valence-electron chi connectivity index (χ4n) is 1.57. The Hall–Kier alpha value is -1.23. The number of hydrogen-bond donors (Lipinski definition) is 1. The molecule has 0 atom stereocenters. The van der Waals surface area contributed by atoms with Crippen LogP contribution in [0.15, 0.2) is 53.4 Å². The Morgan fingerprint density at radius 1 is 1.05 bits per heavy atom. The summed E-state index contributed by atoms with van der Waals surface area (Å²) in [7, 11) is -3.66. The van der Waals surface area contributed by atoms with Gasteiger partial charge in [-0.3, -0.25) is 4.72 Å². The minimum Gasteiger partial charge on any atom is -0.279 e. The molecule has 0 aliphatic heterocycles. The fraction of sp³-hybridized carbons (Fsp3) is 0.0769. The zero-order valence-electron chi connectivity index (χ0n) is 9.81. The molecule has 0 aliphatic carbocycles. The van der Waals surface area contributed by atoms with Crippen LogP contribution in [-0.4, -0.2) is 8.42 Å². The lowest BCUT2D eigenvalue weighted by Crippen LogP contribution is -2.13. The minimum absolute atomic E-state index is 0.115. The standard InChI is InChI=1S/C13H11Cl2NO2S/c14-9-10-4-1-2-7-13(10)16-19(17,18)12-6-3-5-11(15)8-12/h1-8,16H,9H2. The van der Waals surface area contributed by atoms with Crippen molar-refractivity contribution in [2.75, 3.05) is 4.72 Å². The minimum atomic E-state index is -3.66. The maximum Gasteiger partial charge on any atom is 0.261 e. The molecule has 6 heteroatoms. The van der Waals surface area contributed by atoms with Gasteiger partial charge in [0.2, 0.25) is 0 Å². The molecule has 0 radical (unpaired) electrons. The third-order valence-corrected chi connectivity index (χ3v) is 4.40. The van der Waals surface area contributed by atoms with Gasteiger partial charge in [-0.1, -0.05) is 35.9 Å². The number of anilines is 1. The highest BCUT2D eigenvalue weighted by molar-refractivity contribution is 7.92. The van der Waals surface area contributed by atoms with Crippen molar-refractivity contribution in [1.82, 2.24) is 0 Å². The van der Waals surface area contributed by atoms with E-state index in [1.165, 1.54) is 12.1 Å². The molecule has 0 unspecified atom stereocenters. The molecule has 0 aliphatic rings. The van der Waals surface area contributed by atoms with Gasteiger partial charge in [0.1, 0.15) is 0 Å². The molecular formula is C13H11Cl2NO2S. The zero-order chi connectivity index (χ0) is 13.9. The van der Waals surface area contributed by atoms with Crippen molar-refractivity contribution < 1.29 is 8.42 Å². The molecule has 100 valence electrons. The number of sulfonamides is 1. The summed E-state index contributed by atoms with van der Waals surface area (Å²) in [5.74, 6) is 0.230. The molecule has 2 aromatic rings. The number of nitrogens with one attached hydrogen (secondary N) is 1. The zero-order valence-corrected chi connectivity index (χ0v) is 12.1. The van der Waals surface area contributed by atoms with Crippen molar-refractivity contribution in [1.29, 1.82) is 0 Å². The van der Waals surface area contributed by atoms with E-state index in [0.717, 1.165) is 5.56 Å². The first kappa shape index (κ1) is 14.2. The molecule has 0 spiro atoms. The maximum absolute atomic E-state index is 12.2. The number of para-hydroxylation sites is 1. The van der Waals surface area contributed by atoms with E-state index in [9.17, 15) is 8.42 Å². The van der Waals surface area contributed by atoms with Crippen LogP contribution in [-0.2, 0) is 15.9 Å². The van der Waals surface area contributed by atoms with E-state index in [1.54, 1.807) is 36.4 Å². The van der Waals surface area contributed by atoms with Crippen LogP contribution in [0.5, 0.6) is 0 Å². The Morgan fingerprint density at radius 3 is 2.47 bits per heavy atom. The number of rotatable bonds is 4. The number of benzene rings is 2. The molecule has 0 bridgehead atoms. The van der Waals surface area contributed by atoms with Crippen LogP contribution < -0.4 is 4.72 Å². The van der Waals surface area contributed by atoms with Gasteiger partial charge in [0, 0.05) is 10.9 Å². The lowest BCUT2D eigenvalue weighted by molar-refractivity contribution is 0.601. The largest absolute Gasteiger partial charge is 0.279 e. The second-order valence-electron chi connectivity index (χ2n) is 3.85. The highest BCUT2D eigenvalue weighted by Crippen LogP contribution is 2.22. The third-order valence-electron chi connectivity index (χ3n) is 2.51. The third kappa shape index (κ3) is 3.41. The van der Waals surface area contributed by atoms with Gasteiger partial charge in [0.05, 0.1) is 10.6 Å². The first-order valence-corrected chi connectivity index (χ1v) is 7.85. The van der Waals surface area contributed by atoms with E-state index in [2.05, 4.69) is 4.72 Å². The smallest absolute Gasteiger partial charge is 0.261 e. The van der Waals surface area contributed by atoms with Crippen molar-refractivity contribution in [3.8, 4) is 0 Å². The monoisotopic (exact) mass is 315 g/mol. The van der Waals surface area contributed by atoms with Crippen LogP contribution in [0.1, 0.15) is 5.56 Å². The van der Waals surface area contributed by atoms with Gasteiger partial charge < -0.3 is 0 Å². The van der Waals surface area contributed by atoms with Gasteiger partial charge >= 0.3 is 0 Å². The Balaban J connectivity index is 2.37. The second-order valence-corrected chi connectivity index (χ2v) is 6.24. The van der Waals surface area contributed by atoms with Gasteiger partial charge in [-0.05, 0) is 29.8 Å². The predicted octanol–water partition coefficient (Wildman–Crippen LogP) is 3.88. The summed E-state index contributed by atoms with van der Waals surface area (Å²) >= 11 is 11.6. The van der Waals surface area contributed by atoms with Gasteiger partial charge in [-0.25, -0.2) is 8.42 Å². The highest BCUT2D eigenvalue weighted by Gasteiger charge is 2.15. The average molecular weight is 316 g/mol. The molecule has 0 amide bonds. The SMILES string of the molecule is O=S(=O)(Nc1ccccc1CCl)c1cccc(Cl)c1. The Morgan fingerprint density at radius 2 is 1.79 bits per heavy atom. The van der Waals surface area contributed by atoms with Crippen LogP contribution >= 0.6 is 23.2 Å². The molecule has 0 fully saturated rings. The predicted molar refractivity (Wildman–Crippen MR) is 78.3 cm³/mol. The lowest BCUT2D eigenvalue weighted by atomic mass is 10.2. The summed E-state index contributed by atoms with van der Waals surface area (Å²) in [5, 5.41) is 0.369. The molecule has 1 N–H and O–H groups in total. The van der Waals surface area contributed by atoms with Gasteiger partial charge in [-0.2, -0.15) is 0 Å². The highest BCUT2D eigenvalue weighted by atomic mass is 35.5. The Labute approximate surface area is 122 Å². The quantitative estimate of drug-likeness (QED) is 0.870. The van der Waals surface area contributed by atoms with Crippen LogP contribution in [0, 0.1) is 0 Å². The van der Waals surface area contributed by atoms with Gasteiger partial charge in [-0.15, -0.1) is 11.6 Å². The molecular weight excluding hydrogens is 305 g/mol. The molecule has 3 nitrogen and oxygen atoms in total. The van der Waals surface area contributed by atoms with Crippen molar-refractivity contribution >= 4 is 38.9 Å². The normalized spacial score (nSPS) is 11.3. The molecule has 19 heavy (non-hydrogen) atoms. The fourth-order valence-corrected chi connectivity index (χ4v) is 3.21. The maximum atomic E-state index is 12.2. The first-order valence-electron chi connectivity index (χ1n) is 5.45. The number of alkyl halides is 1.